The fraction of sp³-hybridized carbons (Fsp3) is 0.312. The third kappa shape index (κ3) is 3.40. The van der Waals surface area contributed by atoms with E-state index in [0.717, 1.165) is 37.3 Å². The lowest BCUT2D eigenvalue weighted by atomic mass is 10.0. The number of carbonyl (C=O) groups excluding carboxylic acids is 1. The van der Waals surface area contributed by atoms with Crippen LogP contribution in [0, 0.1) is 0 Å². The van der Waals surface area contributed by atoms with Gasteiger partial charge in [-0.3, -0.25) is 4.79 Å². The molecule has 0 aliphatic carbocycles. The van der Waals surface area contributed by atoms with Crippen molar-refractivity contribution in [3.63, 3.8) is 0 Å². The van der Waals surface area contributed by atoms with Gasteiger partial charge in [-0.05, 0) is 25.0 Å². The van der Waals surface area contributed by atoms with Crippen LogP contribution < -0.4 is 21.7 Å². The number of hydrogen-bond acceptors (Lipinski definition) is 6. The van der Waals surface area contributed by atoms with Gasteiger partial charge in [-0.1, -0.05) is 12.1 Å². The Kier molecular flexibility index (Phi) is 4.38. The SMILES string of the molecule is Nc1nccnc1C(=O)Nc1ccccc1N1CCC(N)CC1. The topological polar surface area (TPSA) is 110 Å². The van der Waals surface area contributed by atoms with Gasteiger partial charge in [-0.15, -0.1) is 0 Å². The number of amides is 1. The van der Waals surface area contributed by atoms with Crippen molar-refractivity contribution in [2.24, 2.45) is 5.73 Å². The van der Waals surface area contributed by atoms with Gasteiger partial charge in [0.05, 0.1) is 11.4 Å². The quantitative estimate of drug-likeness (QED) is 0.786. The molecule has 5 N–H and O–H groups in total. The van der Waals surface area contributed by atoms with Gasteiger partial charge < -0.3 is 21.7 Å². The van der Waals surface area contributed by atoms with Crippen LogP contribution in [0.2, 0.25) is 0 Å². The highest BCUT2D eigenvalue weighted by molar-refractivity contribution is 6.07. The molecule has 0 radical (unpaired) electrons. The van der Waals surface area contributed by atoms with Crippen LogP contribution in [-0.4, -0.2) is 35.0 Å². The molecule has 3 rings (SSSR count). The highest BCUT2D eigenvalue weighted by atomic mass is 16.1. The van der Waals surface area contributed by atoms with Gasteiger partial charge in [0.1, 0.15) is 0 Å². The van der Waals surface area contributed by atoms with Crippen molar-refractivity contribution < 1.29 is 4.79 Å². The number of nitrogens with two attached hydrogens (primary N) is 2. The molecule has 1 aliphatic heterocycles. The number of carbonyl (C=O) groups is 1. The first kappa shape index (κ1) is 15.2. The monoisotopic (exact) mass is 312 g/mol. The van der Waals surface area contributed by atoms with Crippen LogP contribution in [0.4, 0.5) is 17.2 Å². The van der Waals surface area contributed by atoms with Crippen molar-refractivity contribution in [3.8, 4) is 0 Å². The zero-order chi connectivity index (χ0) is 16.2. The molecular formula is C16H20N6O. The van der Waals surface area contributed by atoms with Crippen LogP contribution in [0.5, 0.6) is 0 Å². The van der Waals surface area contributed by atoms with Crippen LogP contribution in [-0.2, 0) is 0 Å². The molecule has 0 saturated carbocycles. The van der Waals surface area contributed by atoms with Gasteiger partial charge in [-0.2, -0.15) is 0 Å². The number of nitrogens with zero attached hydrogens (tertiary/aromatic N) is 3. The van der Waals surface area contributed by atoms with Gasteiger partial charge in [-0.25, -0.2) is 9.97 Å². The first-order valence-corrected chi connectivity index (χ1v) is 7.62. The molecule has 0 unspecified atom stereocenters. The van der Waals surface area contributed by atoms with E-state index in [9.17, 15) is 4.79 Å². The first-order valence-electron chi connectivity index (χ1n) is 7.62. The second-order valence-electron chi connectivity index (χ2n) is 5.59. The molecule has 0 atom stereocenters. The van der Waals surface area contributed by atoms with Crippen molar-refractivity contribution in [2.45, 2.75) is 18.9 Å². The summed E-state index contributed by atoms with van der Waals surface area (Å²) in [5, 5.41) is 2.88. The first-order chi connectivity index (χ1) is 11.1. The highest BCUT2D eigenvalue weighted by Crippen LogP contribution is 2.28. The lowest BCUT2D eigenvalue weighted by Crippen LogP contribution is -2.40. The summed E-state index contributed by atoms with van der Waals surface area (Å²) >= 11 is 0. The molecule has 1 saturated heterocycles. The minimum atomic E-state index is -0.364. The summed E-state index contributed by atoms with van der Waals surface area (Å²) in [6, 6.07) is 7.96. The lowest BCUT2D eigenvalue weighted by Gasteiger charge is -2.33. The number of aromatic nitrogens is 2. The van der Waals surface area contributed by atoms with Crippen molar-refractivity contribution in [3.05, 3.63) is 42.4 Å². The summed E-state index contributed by atoms with van der Waals surface area (Å²) in [4.78, 5) is 22.5. The van der Waals surface area contributed by atoms with Gasteiger partial charge in [0.2, 0.25) is 0 Å². The number of benzene rings is 1. The van der Waals surface area contributed by atoms with E-state index in [1.165, 1.54) is 12.4 Å². The van der Waals surface area contributed by atoms with E-state index >= 15 is 0 Å². The van der Waals surface area contributed by atoms with Gasteiger partial charge in [0, 0.05) is 31.5 Å². The average Bonchev–Trinajstić information content (AvgIpc) is 2.56. The van der Waals surface area contributed by atoms with Crippen LogP contribution in [0.1, 0.15) is 23.3 Å². The molecule has 0 bridgehead atoms. The molecule has 2 aromatic rings. The number of piperidine rings is 1. The minimum absolute atomic E-state index is 0.117. The number of rotatable bonds is 3. The summed E-state index contributed by atoms with van der Waals surface area (Å²) in [6.45, 7) is 1.75. The zero-order valence-corrected chi connectivity index (χ0v) is 12.8. The Hall–Kier alpha value is -2.67. The Morgan fingerprint density at radius 3 is 2.61 bits per heavy atom. The summed E-state index contributed by atoms with van der Waals surface area (Å²) < 4.78 is 0. The lowest BCUT2D eigenvalue weighted by molar-refractivity contribution is 0.102. The molecule has 1 aromatic heterocycles. The van der Waals surface area contributed by atoms with E-state index in [-0.39, 0.29) is 23.5 Å². The van der Waals surface area contributed by atoms with E-state index in [0.29, 0.717) is 0 Å². The summed E-state index contributed by atoms with van der Waals surface area (Å²) in [5.41, 5.74) is 13.5. The Labute approximate surface area is 134 Å². The maximum absolute atomic E-state index is 12.4. The molecular weight excluding hydrogens is 292 g/mol. The number of hydrogen-bond donors (Lipinski definition) is 3. The van der Waals surface area contributed by atoms with Crippen molar-refractivity contribution in [1.82, 2.24) is 9.97 Å². The predicted octanol–water partition coefficient (Wildman–Crippen LogP) is 1.24. The normalized spacial score (nSPS) is 15.4. The Balaban J connectivity index is 1.81. The van der Waals surface area contributed by atoms with E-state index in [1.807, 2.05) is 24.3 Å². The fourth-order valence-corrected chi connectivity index (χ4v) is 2.70. The van der Waals surface area contributed by atoms with Gasteiger partial charge >= 0.3 is 0 Å². The maximum Gasteiger partial charge on any atom is 0.278 e. The van der Waals surface area contributed by atoms with Gasteiger partial charge in [0.25, 0.3) is 5.91 Å². The molecule has 23 heavy (non-hydrogen) atoms. The second-order valence-corrected chi connectivity index (χ2v) is 5.59. The van der Waals surface area contributed by atoms with Crippen LogP contribution >= 0.6 is 0 Å². The Morgan fingerprint density at radius 1 is 1.17 bits per heavy atom. The predicted molar refractivity (Wildman–Crippen MR) is 90.3 cm³/mol. The number of nitrogen functional groups attached to an aromatic ring is 1. The second kappa shape index (κ2) is 6.62. The number of anilines is 3. The van der Waals surface area contributed by atoms with Crippen molar-refractivity contribution in [2.75, 3.05) is 29.0 Å². The molecule has 1 fully saturated rings. The molecule has 7 nitrogen and oxygen atoms in total. The third-order valence-corrected chi connectivity index (χ3v) is 3.97. The summed E-state index contributed by atoms with van der Waals surface area (Å²) in [6.07, 6.45) is 4.79. The van der Waals surface area contributed by atoms with E-state index in [4.69, 9.17) is 11.5 Å². The largest absolute Gasteiger partial charge is 0.382 e. The molecule has 1 aromatic carbocycles. The van der Waals surface area contributed by atoms with Crippen molar-refractivity contribution in [1.29, 1.82) is 0 Å². The Bertz CT molecular complexity index is 696. The molecule has 1 amide bonds. The number of para-hydroxylation sites is 2. The van der Waals surface area contributed by atoms with Crippen molar-refractivity contribution >= 4 is 23.1 Å². The maximum atomic E-state index is 12.4. The standard InChI is InChI=1S/C16H20N6O/c17-11-5-9-22(10-6-11)13-4-2-1-3-12(13)21-16(23)14-15(18)20-8-7-19-14/h1-4,7-8,11H,5-6,9-10,17H2,(H2,18,20)(H,21,23). The van der Waals surface area contributed by atoms with Crippen LogP contribution in [0.15, 0.2) is 36.7 Å². The summed E-state index contributed by atoms with van der Waals surface area (Å²) in [7, 11) is 0. The average molecular weight is 312 g/mol. The molecule has 2 heterocycles. The molecule has 0 spiro atoms. The third-order valence-electron chi connectivity index (χ3n) is 3.97. The highest BCUT2D eigenvalue weighted by Gasteiger charge is 2.20. The molecule has 1 aliphatic rings. The fourth-order valence-electron chi connectivity index (χ4n) is 2.70. The van der Waals surface area contributed by atoms with Gasteiger partial charge in [0.15, 0.2) is 11.5 Å². The van der Waals surface area contributed by atoms with E-state index in [2.05, 4.69) is 20.2 Å². The summed E-state index contributed by atoms with van der Waals surface area (Å²) in [5.74, 6) is -0.247. The van der Waals surface area contributed by atoms with E-state index < -0.39 is 0 Å². The minimum Gasteiger partial charge on any atom is -0.382 e. The molecule has 120 valence electrons. The Morgan fingerprint density at radius 2 is 1.87 bits per heavy atom. The van der Waals surface area contributed by atoms with Crippen LogP contribution in [0.3, 0.4) is 0 Å². The smallest absolute Gasteiger partial charge is 0.278 e. The van der Waals surface area contributed by atoms with Crippen LogP contribution in [0.25, 0.3) is 0 Å². The molecule has 7 heteroatoms. The number of nitrogens with one attached hydrogen (secondary N) is 1. The van der Waals surface area contributed by atoms with E-state index in [1.54, 1.807) is 0 Å². The zero-order valence-electron chi connectivity index (χ0n) is 12.8.